The number of rotatable bonds is 2. The molecule has 0 spiro atoms. The first-order valence-corrected chi connectivity index (χ1v) is 5.35. The summed E-state index contributed by atoms with van der Waals surface area (Å²) in [5, 5.41) is 0. The van der Waals surface area contributed by atoms with Gasteiger partial charge in [0, 0.05) is 24.0 Å². The van der Waals surface area contributed by atoms with Crippen LogP contribution in [-0.2, 0) is 0 Å². The highest BCUT2D eigenvalue weighted by molar-refractivity contribution is 7.97. The summed E-state index contributed by atoms with van der Waals surface area (Å²) in [6.45, 7) is 2.13. The molecule has 2 N–H and O–H groups in total. The summed E-state index contributed by atoms with van der Waals surface area (Å²) in [4.78, 5) is 1.30. The van der Waals surface area contributed by atoms with E-state index in [0.717, 1.165) is 19.5 Å². The summed E-state index contributed by atoms with van der Waals surface area (Å²) in [7, 11) is 0. The van der Waals surface area contributed by atoms with E-state index in [9.17, 15) is 0 Å². The van der Waals surface area contributed by atoms with Crippen molar-refractivity contribution in [2.75, 3.05) is 13.1 Å². The Balaban J connectivity index is 1.92. The van der Waals surface area contributed by atoms with E-state index < -0.39 is 0 Å². The predicted molar refractivity (Wildman–Crippen MR) is 56.5 cm³/mol. The van der Waals surface area contributed by atoms with Crippen molar-refractivity contribution in [3.8, 4) is 0 Å². The van der Waals surface area contributed by atoms with Gasteiger partial charge in [-0.2, -0.15) is 0 Å². The molecule has 1 aliphatic heterocycles. The van der Waals surface area contributed by atoms with Crippen molar-refractivity contribution < 1.29 is 0 Å². The van der Waals surface area contributed by atoms with Gasteiger partial charge in [0.15, 0.2) is 0 Å². The van der Waals surface area contributed by atoms with E-state index in [0.29, 0.717) is 6.04 Å². The molecule has 0 amide bonds. The minimum absolute atomic E-state index is 0.371. The molecule has 0 aliphatic carbocycles. The maximum atomic E-state index is 5.82. The molecule has 1 unspecified atom stereocenters. The molecule has 0 aromatic heterocycles. The monoisotopic (exact) mass is 194 g/mol. The fraction of sp³-hybridized carbons (Fsp3) is 0.400. The zero-order valence-corrected chi connectivity index (χ0v) is 8.33. The average Bonchev–Trinajstić information content (AvgIpc) is 2.53. The third kappa shape index (κ3) is 2.46. The van der Waals surface area contributed by atoms with Gasteiger partial charge >= 0.3 is 0 Å². The smallest absolute Gasteiger partial charge is 0.0245 e. The SMILES string of the molecule is NC1CCN(Sc2ccccc2)C1. The van der Waals surface area contributed by atoms with Gasteiger partial charge in [-0.25, -0.2) is 4.31 Å². The van der Waals surface area contributed by atoms with Crippen molar-refractivity contribution in [2.24, 2.45) is 5.73 Å². The summed E-state index contributed by atoms with van der Waals surface area (Å²) >= 11 is 1.81. The van der Waals surface area contributed by atoms with E-state index in [-0.39, 0.29) is 0 Å². The minimum atomic E-state index is 0.371. The molecular weight excluding hydrogens is 180 g/mol. The first-order valence-electron chi connectivity index (χ1n) is 4.58. The molecule has 1 aromatic rings. The van der Waals surface area contributed by atoms with Crippen molar-refractivity contribution >= 4 is 11.9 Å². The topological polar surface area (TPSA) is 29.3 Å². The predicted octanol–water partition coefficient (Wildman–Crippen LogP) is 1.73. The van der Waals surface area contributed by atoms with Gasteiger partial charge in [0.05, 0.1) is 0 Å². The highest BCUT2D eigenvalue weighted by Gasteiger charge is 2.19. The van der Waals surface area contributed by atoms with Gasteiger partial charge in [0.25, 0.3) is 0 Å². The number of benzene rings is 1. The lowest BCUT2D eigenvalue weighted by atomic mass is 10.3. The lowest BCUT2D eigenvalue weighted by Gasteiger charge is -2.13. The van der Waals surface area contributed by atoms with E-state index in [1.54, 1.807) is 0 Å². The number of nitrogens with two attached hydrogens (primary N) is 1. The molecule has 1 fully saturated rings. The van der Waals surface area contributed by atoms with Gasteiger partial charge in [-0.3, -0.25) is 0 Å². The molecule has 2 nitrogen and oxygen atoms in total. The quantitative estimate of drug-likeness (QED) is 0.727. The highest BCUT2D eigenvalue weighted by Crippen LogP contribution is 2.25. The number of hydrogen-bond donors (Lipinski definition) is 1. The average molecular weight is 194 g/mol. The van der Waals surface area contributed by atoms with E-state index in [1.807, 2.05) is 18.0 Å². The van der Waals surface area contributed by atoms with Gasteiger partial charge < -0.3 is 5.73 Å². The second kappa shape index (κ2) is 4.13. The van der Waals surface area contributed by atoms with Crippen LogP contribution in [-0.4, -0.2) is 23.4 Å². The van der Waals surface area contributed by atoms with Gasteiger partial charge in [-0.05, 0) is 30.5 Å². The molecule has 0 radical (unpaired) electrons. The van der Waals surface area contributed by atoms with Crippen molar-refractivity contribution in [2.45, 2.75) is 17.4 Å². The van der Waals surface area contributed by atoms with Crippen LogP contribution >= 0.6 is 11.9 Å². The van der Waals surface area contributed by atoms with Crippen LogP contribution in [0.3, 0.4) is 0 Å². The Morgan fingerprint density at radius 1 is 1.31 bits per heavy atom. The van der Waals surface area contributed by atoms with Crippen molar-refractivity contribution in [1.82, 2.24) is 4.31 Å². The Bertz CT molecular complexity index is 263. The number of hydrogen-bond acceptors (Lipinski definition) is 3. The first-order chi connectivity index (χ1) is 6.34. The first kappa shape index (κ1) is 9.06. The van der Waals surface area contributed by atoms with E-state index >= 15 is 0 Å². The van der Waals surface area contributed by atoms with Crippen molar-refractivity contribution in [3.63, 3.8) is 0 Å². The standard InChI is InChI=1S/C10H14N2S/c11-9-6-7-12(8-9)13-10-4-2-1-3-5-10/h1-5,9H,6-8,11H2. The molecule has 1 saturated heterocycles. The van der Waals surface area contributed by atoms with Gasteiger partial charge in [-0.15, -0.1) is 0 Å². The molecule has 1 aliphatic rings. The highest BCUT2D eigenvalue weighted by atomic mass is 32.2. The second-order valence-corrected chi connectivity index (χ2v) is 4.51. The molecule has 1 heterocycles. The molecule has 70 valence electrons. The maximum Gasteiger partial charge on any atom is 0.0245 e. The summed E-state index contributed by atoms with van der Waals surface area (Å²) < 4.78 is 2.33. The number of nitrogens with zero attached hydrogens (tertiary/aromatic N) is 1. The minimum Gasteiger partial charge on any atom is -0.326 e. The normalized spacial score (nSPS) is 23.6. The van der Waals surface area contributed by atoms with E-state index in [4.69, 9.17) is 5.73 Å². The molecule has 0 bridgehead atoms. The zero-order valence-electron chi connectivity index (χ0n) is 7.52. The van der Waals surface area contributed by atoms with Crippen LogP contribution in [0.4, 0.5) is 0 Å². The zero-order chi connectivity index (χ0) is 9.10. The van der Waals surface area contributed by atoms with Crippen molar-refractivity contribution in [3.05, 3.63) is 30.3 Å². The van der Waals surface area contributed by atoms with E-state index in [2.05, 4.69) is 28.6 Å². The molecule has 2 rings (SSSR count). The molecule has 1 aromatic carbocycles. The molecule has 0 saturated carbocycles. The lowest BCUT2D eigenvalue weighted by Crippen LogP contribution is -2.22. The third-order valence-corrected chi connectivity index (χ3v) is 3.24. The van der Waals surface area contributed by atoms with Crippen LogP contribution in [0.25, 0.3) is 0 Å². The molecule has 3 heteroatoms. The van der Waals surface area contributed by atoms with Crippen LogP contribution in [0.2, 0.25) is 0 Å². The van der Waals surface area contributed by atoms with Crippen LogP contribution in [0.5, 0.6) is 0 Å². The maximum absolute atomic E-state index is 5.82. The largest absolute Gasteiger partial charge is 0.326 e. The van der Waals surface area contributed by atoms with Crippen LogP contribution < -0.4 is 5.73 Å². The van der Waals surface area contributed by atoms with Gasteiger partial charge in [0.2, 0.25) is 0 Å². The fourth-order valence-electron chi connectivity index (χ4n) is 1.47. The van der Waals surface area contributed by atoms with Crippen LogP contribution in [0, 0.1) is 0 Å². The Kier molecular flexibility index (Phi) is 2.88. The Hall–Kier alpha value is -0.510. The van der Waals surface area contributed by atoms with Crippen molar-refractivity contribution in [1.29, 1.82) is 0 Å². The Labute approximate surface area is 83.2 Å². The molecular formula is C10H14N2S. The van der Waals surface area contributed by atoms with Gasteiger partial charge in [0.1, 0.15) is 0 Å². The lowest BCUT2D eigenvalue weighted by molar-refractivity contribution is 0.573. The summed E-state index contributed by atoms with van der Waals surface area (Å²) in [5.74, 6) is 0. The fourth-order valence-corrected chi connectivity index (χ4v) is 2.51. The summed E-state index contributed by atoms with van der Waals surface area (Å²) in [5.41, 5.74) is 5.82. The third-order valence-electron chi connectivity index (χ3n) is 2.17. The Morgan fingerprint density at radius 2 is 2.08 bits per heavy atom. The second-order valence-electron chi connectivity index (χ2n) is 3.34. The summed E-state index contributed by atoms with van der Waals surface area (Å²) in [6.07, 6.45) is 1.12. The van der Waals surface area contributed by atoms with E-state index in [1.165, 1.54) is 4.90 Å². The van der Waals surface area contributed by atoms with Crippen LogP contribution in [0.15, 0.2) is 35.2 Å². The molecule has 1 atom stereocenters. The summed E-state index contributed by atoms with van der Waals surface area (Å²) in [6, 6.07) is 10.8. The Morgan fingerprint density at radius 3 is 2.69 bits per heavy atom. The van der Waals surface area contributed by atoms with Crippen LogP contribution in [0.1, 0.15) is 6.42 Å². The van der Waals surface area contributed by atoms with Gasteiger partial charge in [-0.1, -0.05) is 18.2 Å². The molecule has 13 heavy (non-hydrogen) atoms.